The average Bonchev–Trinajstić information content (AvgIpc) is 2.43. The van der Waals surface area contributed by atoms with E-state index in [-0.39, 0.29) is 31.3 Å². The largest absolute Gasteiger partial charge is 0.396 e. The number of hydrogen-bond donors (Lipinski definition) is 2. The molecule has 0 amide bonds. The van der Waals surface area contributed by atoms with E-state index in [9.17, 15) is 10.2 Å². The van der Waals surface area contributed by atoms with Crippen molar-refractivity contribution in [1.82, 2.24) is 0 Å². The molecule has 1 spiro atoms. The Labute approximate surface area is 116 Å². The smallest absolute Gasteiger partial charge is 0.169 e. The van der Waals surface area contributed by atoms with Gasteiger partial charge in [-0.05, 0) is 24.7 Å². The van der Waals surface area contributed by atoms with Crippen LogP contribution < -0.4 is 0 Å². The van der Waals surface area contributed by atoms with Gasteiger partial charge in [0.05, 0.1) is 18.8 Å². The van der Waals surface area contributed by atoms with Crippen LogP contribution in [0.25, 0.3) is 0 Å². The summed E-state index contributed by atoms with van der Waals surface area (Å²) in [6, 6.07) is 0. The highest BCUT2D eigenvalue weighted by Gasteiger charge is 2.47. The number of rotatable bonds is 3. The number of hydrogen-bond acceptors (Lipinski definition) is 4. The van der Waals surface area contributed by atoms with E-state index in [1.54, 1.807) is 0 Å². The maximum atomic E-state index is 9.43. The van der Waals surface area contributed by atoms with Gasteiger partial charge < -0.3 is 19.7 Å². The second kappa shape index (κ2) is 6.08. The van der Waals surface area contributed by atoms with Crippen molar-refractivity contribution in [2.24, 2.45) is 17.8 Å². The SMILES string of the molecule is C[C@H](CO)[C@@H]1O[C@]2(CC[C@@H](C)[C@H](CO)O2)CC[C@@H]1C. The summed E-state index contributed by atoms with van der Waals surface area (Å²) in [5.41, 5.74) is 0. The lowest BCUT2D eigenvalue weighted by atomic mass is 9.82. The predicted octanol–water partition coefficient (Wildman–Crippen LogP) is 1.93. The van der Waals surface area contributed by atoms with Crippen LogP contribution >= 0.6 is 0 Å². The highest BCUT2D eigenvalue weighted by atomic mass is 16.7. The Balaban J connectivity index is 2.07. The van der Waals surface area contributed by atoms with Crippen molar-refractivity contribution in [3.63, 3.8) is 0 Å². The zero-order chi connectivity index (χ0) is 14.0. The Kier molecular flexibility index (Phi) is 4.88. The molecule has 4 nitrogen and oxygen atoms in total. The molecule has 2 rings (SSSR count). The molecule has 6 atom stereocenters. The predicted molar refractivity (Wildman–Crippen MR) is 72.6 cm³/mol. The third-order valence-electron chi connectivity index (χ3n) is 4.90. The zero-order valence-electron chi connectivity index (χ0n) is 12.3. The van der Waals surface area contributed by atoms with Crippen molar-refractivity contribution < 1.29 is 19.7 Å². The minimum atomic E-state index is -0.527. The number of ether oxygens (including phenoxy) is 2. The van der Waals surface area contributed by atoms with E-state index >= 15 is 0 Å². The van der Waals surface area contributed by atoms with Gasteiger partial charge in [-0.1, -0.05) is 20.8 Å². The van der Waals surface area contributed by atoms with Gasteiger partial charge in [-0.2, -0.15) is 0 Å². The van der Waals surface area contributed by atoms with Gasteiger partial charge in [0.25, 0.3) is 0 Å². The first-order valence-corrected chi connectivity index (χ1v) is 7.58. The molecule has 0 saturated carbocycles. The van der Waals surface area contributed by atoms with Crippen molar-refractivity contribution in [2.75, 3.05) is 13.2 Å². The van der Waals surface area contributed by atoms with E-state index in [2.05, 4.69) is 13.8 Å². The summed E-state index contributed by atoms with van der Waals surface area (Å²) in [6.45, 7) is 6.52. The molecule has 0 bridgehead atoms. The second-order valence-corrected chi connectivity index (χ2v) is 6.52. The molecule has 0 unspecified atom stereocenters. The van der Waals surface area contributed by atoms with Crippen LogP contribution in [0.15, 0.2) is 0 Å². The first-order chi connectivity index (χ1) is 9.01. The van der Waals surface area contributed by atoms with Gasteiger partial charge >= 0.3 is 0 Å². The lowest BCUT2D eigenvalue weighted by Gasteiger charge is -2.50. The molecule has 0 radical (unpaired) electrons. The molecule has 0 aliphatic carbocycles. The average molecular weight is 272 g/mol. The Bertz CT molecular complexity index is 288. The summed E-state index contributed by atoms with van der Waals surface area (Å²) < 4.78 is 12.4. The fourth-order valence-electron chi connectivity index (χ4n) is 3.39. The monoisotopic (exact) mass is 272 g/mol. The molecule has 0 aromatic rings. The van der Waals surface area contributed by atoms with Gasteiger partial charge in [0, 0.05) is 25.4 Å². The Morgan fingerprint density at radius 1 is 1.11 bits per heavy atom. The maximum absolute atomic E-state index is 9.43. The van der Waals surface area contributed by atoms with Gasteiger partial charge in [0.2, 0.25) is 0 Å². The van der Waals surface area contributed by atoms with Crippen LogP contribution in [-0.2, 0) is 9.47 Å². The fraction of sp³-hybridized carbons (Fsp3) is 1.00. The van der Waals surface area contributed by atoms with Crippen molar-refractivity contribution >= 4 is 0 Å². The number of aliphatic hydroxyl groups excluding tert-OH is 2. The Morgan fingerprint density at radius 3 is 2.32 bits per heavy atom. The molecule has 2 saturated heterocycles. The third-order valence-corrected chi connectivity index (χ3v) is 4.90. The molecule has 2 aliphatic rings. The van der Waals surface area contributed by atoms with Crippen molar-refractivity contribution in [3.05, 3.63) is 0 Å². The molecule has 4 heteroatoms. The van der Waals surface area contributed by atoms with Crippen LogP contribution in [0.5, 0.6) is 0 Å². The quantitative estimate of drug-likeness (QED) is 0.824. The molecule has 2 aliphatic heterocycles. The van der Waals surface area contributed by atoms with Gasteiger partial charge in [0.1, 0.15) is 0 Å². The minimum Gasteiger partial charge on any atom is -0.396 e. The van der Waals surface area contributed by atoms with Crippen molar-refractivity contribution in [1.29, 1.82) is 0 Å². The normalized spacial score (nSPS) is 45.3. The molecule has 19 heavy (non-hydrogen) atoms. The Hall–Kier alpha value is -0.160. The maximum Gasteiger partial charge on any atom is 0.169 e. The van der Waals surface area contributed by atoms with Crippen molar-refractivity contribution in [3.8, 4) is 0 Å². The van der Waals surface area contributed by atoms with Crippen LogP contribution in [0.1, 0.15) is 46.5 Å². The third kappa shape index (κ3) is 3.13. The first-order valence-electron chi connectivity index (χ1n) is 7.58. The Morgan fingerprint density at radius 2 is 1.74 bits per heavy atom. The zero-order valence-corrected chi connectivity index (χ0v) is 12.3. The van der Waals surface area contributed by atoms with E-state index in [1.165, 1.54) is 0 Å². The molecule has 0 aromatic carbocycles. The van der Waals surface area contributed by atoms with E-state index in [1.807, 2.05) is 6.92 Å². The standard InChI is InChI=1S/C15H28O4/c1-10-4-6-15(18-13(10)9-17)7-5-11(2)14(19-15)12(3)8-16/h10-14,16-17H,4-9H2,1-3H3/t10-,11+,12-,13+,14-,15-/m1/s1. The summed E-state index contributed by atoms with van der Waals surface area (Å²) in [7, 11) is 0. The molecule has 2 fully saturated rings. The van der Waals surface area contributed by atoms with E-state index in [0.29, 0.717) is 11.8 Å². The minimum absolute atomic E-state index is 0.0477. The van der Waals surface area contributed by atoms with Crippen LogP contribution in [-0.4, -0.2) is 41.4 Å². The molecule has 112 valence electrons. The van der Waals surface area contributed by atoms with Crippen molar-refractivity contribution in [2.45, 2.75) is 64.4 Å². The molecular weight excluding hydrogens is 244 g/mol. The van der Waals surface area contributed by atoms with Crippen LogP contribution in [0.2, 0.25) is 0 Å². The van der Waals surface area contributed by atoms with Crippen LogP contribution in [0, 0.1) is 17.8 Å². The summed E-state index contributed by atoms with van der Waals surface area (Å²) in [4.78, 5) is 0. The molecule has 2 N–H and O–H groups in total. The topological polar surface area (TPSA) is 58.9 Å². The molecule has 0 aromatic heterocycles. The van der Waals surface area contributed by atoms with Crippen LogP contribution in [0.4, 0.5) is 0 Å². The van der Waals surface area contributed by atoms with Gasteiger partial charge in [0.15, 0.2) is 5.79 Å². The summed E-state index contributed by atoms with van der Waals surface area (Å²) >= 11 is 0. The van der Waals surface area contributed by atoms with E-state index < -0.39 is 5.79 Å². The lowest BCUT2D eigenvalue weighted by Crippen LogP contribution is -2.54. The van der Waals surface area contributed by atoms with Gasteiger partial charge in [-0.25, -0.2) is 0 Å². The van der Waals surface area contributed by atoms with E-state index in [4.69, 9.17) is 9.47 Å². The molecular formula is C15H28O4. The summed E-state index contributed by atoms with van der Waals surface area (Å²) in [6.07, 6.45) is 3.80. The summed E-state index contributed by atoms with van der Waals surface area (Å²) in [5.74, 6) is 0.429. The highest BCUT2D eigenvalue weighted by Crippen LogP contribution is 2.43. The lowest BCUT2D eigenvalue weighted by molar-refractivity contribution is -0.340. The fourth-order valence-corrected chi connectivity index (χ4v) is 3.39. The van der Waals surface area contributed by atoms with Gasteiger partial charge in [-0.3, -0.25) is 0 Å². The van der Waals surface area contributed by atoms with Gasteiger partial charge in [-0.15, -0.1) is 0 Å². The number of aliphatic hydroxyl groups is 2. The summed E-state index contributed by atoms with van der Waals surface area (Å²) in [5, 5.41) is 18.8. The second-order valence-electron chi connectivity index (χ2n) is 6.52. The first kappa shape index (κ1) is 15.2. The van der Waals surface area contributed by atoms with Crippen LogP contribution in [0.3, 0.4) is 0 Å². The molecule has 2 heterocycles. The highest BCUT2D eigenvalue weighted by molar-refractivity contribution is 4.89. The van der Waals surface area contributed by atoms with E-state index in [0.717, 1.165) is 25.7 Å².